The summed E-state index contributed by atoms with van der Waals surface area (Å²) in [6, 6.07) is 4.10. The molecule has 0 aliphatic rings. The number of rotatable bonds is 8. The van der Waals surface area contributed by atoms with E-state index in [1.807, 2.05) is 12.3 Å². The van der Waals surface area contributed by atoms with Crippen LogP contribution in [0.4, 0.5) is 5.82 Å². The Balaban J connectivity index is 2.57. The fourth-order valence-electron chi connectivity index (χ4n) is 1.70. The molecule has 0 fully saturated rings. The lowest BCUT2D eigenvalue weighted by atomic mass is 10.2. The van der Waals surface area contributed by atoms with Crippen molar-refractivity contribution < 1.29 is 4.74 Å². The number of hydrogen-bond acceptors (Lipinski definition) is 4. The molecule has 1 aromatic rings. The zero-order valence-electron chi connectivity index (χ0n) is 11.9. The van der Waals surface area contributed by atoms with Gasteiger partial charge in [-0.15, -0.1) is 0 Å². The standard InChI is InChI=1S/C14H25N3O/c1-5-15-11-13-7-6-8-16-14(13)17(4)9-10-18-12(2)3/h6-8,12,15H,5,9-11H2,1-4H3. The molecule has 0 amide bonds. The van der Waals surface area contributed by atoms with Crippen molar-refractivity contribution >= 4 is 5.82 Å². The molecule has 0 atom stereocenters. The number of nitrogens with zero attached hydrogens (tertiary/aromatic N) is 2. The lowest BCUT2D eigenvalue weighted by Gasteiger charge is -2.21. The van der Waals surface area contributed by atoms with Crippen LogP contribution in [0.5, 0.6) is 0 Å². The highest BCUT2D eigenvalue weighted by molar-refractivity contribution is 5.45. The minimum atomic E-state index is 0.281. The first-order valence-corrected chi connectivity index (χ1v) is 6.62. The first-order valence-electron chi connectivity index (χ1n) is 6.62. The summed E-state index contributed by atoms with van der Waals surface area (Å²) in [6.45, 7) is 9.62. The first kappa shape index (κ1) is 14.9. The van der Waals surface area contributed by atoms with Gasteiger partial charge >= 0.3 is 0 Å². The van der Waals surface area contributed by atoms with Crippen molar-refractivity contribution in [2.24, 2.45) is 0 Å². The highest BCUT2D eigenvalue weighted by atomic mass is 16.5. The summed E-state index contributed by atoms with van der Waals surface area (Å²) in [4.78, 5) is 6.61. The van der Waals surface area contributed by atoms with Crippen molar-refractivity contribution in [1.29, 1.82) is 0 Å². The Bertz CT molecular complexity index is 342. The van der Waals surface area contributed by atoms with Crippen LogP contribution in [-0.4, -0.2) is 37.8 Å². The summed E-state index contributed by atoms with van der Waals surface area (Å²) < 4.78 is 5.57. The second-order valence-electron chi connectivity index (χ2n) is 4.61. The van der Waals surface area contributed by atoms with Gasteiger partial charge in [-0.1, -0.05) is 13.0 Å². The molecule has 0 aliphatic heterocycles. The van der Waals surface area contributed by atoms with Crippen molar-refractivity contribution in [2.75, 3.05) is 31.6 Å². The van der Waals surface area contributed by atoms with Crippen LogP contribution < -0.4 is 10.2 Å². The van der Waals surface area contributed by atoms with Crippen LogP contribution in [0.25, 0.3) is 0 Å². The number of ether oxygens (including phenoxy) is 1. The van der Waals surface area contributed by atoms with Crippen LogP contribution in [0, 0.1) is 0 Å². The predicted molar refractivity (Wildman–Crippen MR) is 76.0 cm³/mol. The van der Waals surface area contributed by atoms with E-state index in [1.54, 1.807) is 0 Å². The molecule has 0 spiro atoms. The quantitative estimate of drug-likeness (QED) is 0.767. The first-order chi connectivity index (χ1) is 8.65. The summed E-state index contributed by atoms with van der Waals surface area (Å²) >= 11 is 0. The summed E-state index contributed by atoms with van der Waals surface area (Å²) in [5, 5.41) is 3.34. The second-order valence-corrected chi connectivity index (χ2v) is 4.61. The van der Waals surface area contributed by atoms with Crippen LogP contribution in [0.3, 0.4) is 0 Å². The molecule has 4 nitrogen and oxygen atoms in total. The zero-order valence-corrected chi connectivity index (χ0v) is 11.9. The Hall–Kier alpha value is -1.13. The molecule has 1 aromatic heterocycles. The molecule has 102 valence electrons. The van der Waals surface area contributed by atoms with E-state index >= 15 is 0 Å². The molecule has 4 heteroatoms. The molecule has 18 heavy (non-hydrogen) atoms. The molecule has 1 N–H and O–H groups in total. The van der Waals surface area contributed by atoms with E-state index in [2.05, 4.69) is 49.1 Å². The van der Waals surface area contributed by atoms with E-state index in [0.29, 0.717) is 0 Å². The minimum absolute atomic E-state index is 0.281. The summed E-state index contributed by atoms with van der Waals surface area (Å²) in [6.07, 6.45) is 2.12. The fourth-order valence-corrected chi connectivity index (χ4v) is 1.70. The van der Waals surface area contributed by atoms with Gasteiger partial charge in [0.15, 0.2) is 0 Å². The molecule has 0 unspecified atom stereocenters. The van der Waals surface area contributed by atoms with E-state index in [0.717, 1.165) is 32.1 Å². The van der Waals surface area contributed by atoms with Crippen molar-refractivity contribution in [3.8, 4) is 0 Å². The molecule has 0 aromatic carbocycles. The number of hydrogen-bond donors (Lipinski definition) is 1. The van der Waals surface area contributed by atoms with Gasteiger partial charge in [-0.25, -0.2) is 4.98 Å². The average molecular weight is 251 g/mol. The molecular formula is C14H25N3O. The van der Waals surface area contributed by atoms with Crippen molar-refractivity contribution in [3.05, 3.63) is 23.9 Å². The van der Waals surface area contributed by atoms with Crippen LogP contribution in [0.2, 0.25) is 0 Å². The third-order valence-corrected chi connectivity index (χ3v) is 2.67. The Labute approximate surface area is 110 Å². The normalized spacial score (nSPS) is 10.9. The monoisotopic (exact) mass is 251 g/mol. The van der Waals surface area contributed by atoms with Gasteiger partial charge in [-0.3, -0.25) is 0 Å². The van der Waals surface area contributed by atoms with Crippen molar-refractivity contribution in [2.45, 2.75) is 33.4 Å². The van der Waals surface area contributed by atoms with Crippen molar-refractivity contribution in [3.63, 3.8) is 0 Å². The van der Waals surface area contributed by atoms with E-state index in [9.17, 15) is 0 Å². The topological polar surface area (TPSA) is 37.4 Å². The van der Waals surface area contributed by atoms with Gasteiger partial charge in [-0.05, 0) is 26.5 Å². The van der Waals surface area contributed by atoms with Crippen LogP contribution in [0.1, 0.15) is 26.3 Å². The van der Waals surface area contributed by atoms with Gasteiger partial charge in [-0.2, -0.15) is 0 Å². The van der Waals surface area contributed by atoms with E-state index in [-0.39, 0.29) is 6.10 Å². The maximum atomic E-state index is 5.57. The lowest BCUT2D eigenvalue weighted by molar-refractivity contribution is 0.0845. The number of aromatic nitrogens is 1. The third kappa shape index (κ3) is 5.02. The number of anilines is 1. The number of likely N-dealkylation sites (N-methyl/N-ethyl adjacent to an activating group) is 1. The molecular weight excluding hydrogens is 226 g/mol. The highest BCUT2D eigenvalue weighted by Gasteiger charge is 2.08. The van der Waals surface area contributed by atoms with Gasteiger partial charge in [0, 0.05) is 31.9 Å². The third-order valence-electron chi connectivity index (χ3n) is 2.67. The molecule has 1 heterocycles. The number of nitrogens with one attached hydrogen (secondary N) is 1. The zero-order chi connectivity index (χ0) is 13.4. The molecule has 0 aliphatic carbocycles. The Kier molecular flexibility index (Phi) is 6.68. The van der Waals surface area contributed by atoms with Crippen LogP contribution in [-0.2, 0) is 11.3 Å². The second kappa shape index (κ2) is 8.06. The van der Waals surface area contributed by atoms with Gasteiger partial charge in [0.2, 0.25) is 0 Å². The Morgan fingerprint density at radius 1 is 1.44 bits per heavy atom. The Morgan fingerprint density at radius 3 is 2.89 bits per heavy atom. The molecule has 0 radical (unpaired) electrons. The van der Waals surface area contributed by atoms with E-state index in [4.69, 9.17) is 4.74 Å². The SMILES string of the molecule is CCNCc1cccnc1N(C)CCOC(C)C. The van der Waals surface area contributed by atoms with E-state index in [1.165, 1.54) is 5.56 Å². The van der Waals surface area contributed by atoms with Gasteiger partial charge < -0.3 is 15.0 Å². The van der Waals surface area contributed by atoms with Crippen LogP contribution >= 0.6 is 0 Å². The molecule has 0 saturated carbocycles. The average Bonchev–Trinajstić information content (AvgIpc) is 2.36. The maximum absolute atomic E-state index is 5.57. The van der Waals surface area contributed by atoms with Crippen LogP contribution in [0.15, 0.2) is 18.3 Å². The van der Waals surface area contributed by atoms with Gasteiger partial charge in [0.1, 0.15) is 5.82 Å². The lowest BCUT2D eigenvalue weighted by Crippen LogP contribution is -2.26. The van der Waals surface area contributed by atoms with Gasteiger partial charge in [0.25, 0.3) is 0 Å². The predicted octanol–water partition coefficient (Wildman–Crippen LogP) is 2.05. The smallest absolute Gasteiger partial charge is 0.132 e. The summed E-state index contributed by atoms with van der Waals surface area (Å²) in [5.74, 6) is 1.03. The molecule has 1 rings (SSSR count). The maximum Gasteiger partial charge on any atom is 0.132 e. The molecule has 0 bridgehead atoms. The summed E-state index contributed by atoms with van der Waals surface area (Å²) in [5.41, 5.74) is 1.23. The highest BCUT2D eigenvalue weighted by Crippen LogP contribution is 2.15. The van der Waals surface area contributed by atoms with Gasteiger partial charge in [0.05, 0.1) is 12.7 Å². The van der Waals surface area contributed by atoms with Crippen molar-refractivity contribution in [1.82, 2.24) is 10.3 Å². The fraction of sp³-hybridized carbons (Fsp3) is 0.643. The Morgan fingerprint density at radius 2 is 2.22 bits per heavy atom. The molecule has 0 saturated heterocycles. The number of pyridine rings is 1. The minimum Gasteiger partial charge on any atom is -0.377 e. The summed E-state index contributed by atoms with van der Waals surface area (Å²) in [7, 11) is 2.06. The van der Waals surface area contributed by atoms with E-state index < -0.39 is 0 Å². The largest absolute Gasteiger partial charge is 0.377 e.